The lowest BCUT2D eigenvalue weighted by atomic mass is 10.1. The van der Waals surface area contributed by atoms with Crippen LogP contribution < -0.4 is 20.3 Å². The molecule has 0 radical (unpaired) electrons. The zero-order chi connectivity index (χ0) is 25.1. The van der Waals surface area contributed by atoms with Crippen molar-refractivity contribution in [3.05, 3.63) is 99.6 Å². The summed E-state index contributed by atoms with van der Waals surface area (Å²) in [5.74, 6) is 0.974. The van der Waals surface area contributed by atoms with Crippen LogP contribution in [-0.4, -0.2) is 28.2 Å². The van der Waals surface area contributed by atoms with E-state index in [1.165, 1.54) is 12.1 Å². The highest BCUT2D eigenvalue weighted by molar-refractivity contribution is 7.80. The number of hydrogen-bond acceptors (Lipinski definition) is 4. The van der Waals surface area contributed by atoms with E-state index >= 15 is 0 Å². The lowest BCUT2D eigenvalue weighted by Crippen LogP contribution is -2.35. The molecule has 36 heavy (non-hydrogen) atoms. The Morgan fingerprint density at radius 3 is 2.47 bits per heavy atom. The topological polar surface area (TPSA) is 66.6 Å². The Balaban J connectivity index is 1.47. The molecule has 2 N–H and O–H groups in total. The second-order valence-corrected chi connectivity index (χ2v) is 9.02. The van der Waals surface area contributed by atoms with Crippen LogP contribution in [0.2, 0.25) is 0 Å². The normalized spacial score (nSPS) is 12.4. The number of halogens is 1. The zero-order valence-electron chi connectivity index (χ0n) is 19.8. The quantitative estimate of drug-likeness (QED) is 0.344. The number of aromatic amines is 1. The van der Waals surface area contributed by atoms with Crippen molar-refractivity contribution in [2.75, 3.05) is 18.5 Å². The van der Waals surface area contributed by atoms with Crippen LogP contribution in [-0.2, 0) is 19.5 Å². The van der Waals surface area contributed by atoms with E-state index in [0.717, 1.165) is 28.6 Å². The Kier molecular flexibility index (Phi) is 6.86. The summed E-state index contributed by atoms with van der Waals surface area (Å²) in [6.45, 7) is 3.71. The molecule has 5 rings (SSSR count). The third kappa shape index (κ3) is 5.18. The molecule has 0 saturated heterocycles. The lowest BCUT2D eigenvalue weighted by molar-refractivity contribution is 0.172. The van der Waals surface area contributed by atoms with Crippen molar-refractivity contribution in [3.63, 3.8) is 0 Å². The Hall–Kier alpha value is -3.91. The number of rotatable bonds is 6. The van der Waals surface area contributed by atoms with Crippen molar-refractivity contribution in [3.8, 4) is 11.5 Å². The van der Waals surface area contributed by atoms with E-state index < -0.39 is 0 Å². The molecule has 0 unspecified atom stereocenters. The number of para-hydroxylation sites is 1. The van der Waals surface area contributed by atoms with Crippen molar-refractivity contribution in [1.82, 2.24) is 9.88 Å². The molecule has 3 aromatic carbocycles. The summed E-state index contributed by atoms with van der Waals surface area (Å²) in [5, 5.41) is 4.66. The maximum atomic E-state index is 13.5. The number of aryl methyl sites for hydroxylation is 1. The number of anilines is 1. The molecule has 1 aromatic heterocycles. The third-order valence-electron chi connectivity index (χ3n) is 6.16. The van der Waals surface area contributed by atoms with Gasteiger partial charge in [-0.3, -0.25) is 4.79 Å². The summed E-state index contributed by atoms with van der Waals surface area (Å²) in [6.07, 6.45) is 0.851. The highest BCUT2D eigenvalue weighted by atomic mass is 32.1. The minimum atomic E-state index is -0.302. The van der Waals surface area contributed by atoms with E-state index in [-0.39, 0.29) is 17.9 Å². The van der Waals surface area contributed by atoms with E-state index in [1.807, 2.05) is 35.2 Å². The fraction of sp³-hybridized carbons (Fsp3) is 0.214. The van der Waals surface area contributed by atoms with Gasteiger partial charge in [0.2, 0.25) is 0 Å². The molecule has 0 atom stereocenters. The van der Waals surface area contributed by atoms with Crippen LogP contribution in [0.15, 0.2) is 71.5 Å². The van der Waals surface area contributed by atoms with Crippen molar-refractivity contribution in [2.24, 2.45) is 0 Å². The first-order valence-electron chi connectivity index (χ1n) is 11.8. The molecule has 4 aromatic rings. The average molecular weight is 504 g/mol. The lowest BCUT2D eigenvalue weighted by Gasteiger charge is -2.27. The van der Waals surface area contributed by atoms with Gasteiger partial charge in [0, 0.05) is 29.2 Å². The molecule has 6 nitrogen and oxygen atoms in total. The predicted molar refractivity (Wildman–Crippen MR) is 143 cm³/mol. The van der Waals surface area contributed by atoms with E-state index in [9.17, 15) is 9.18 Å². The zero-order valence-corrected chi connectivity index (χ0v) is 20.7. The van der Waals surface area contributed by atoms with Gasteiger partial charge in [-0.1, -0.05) is 37.3 Å². The molecule has 1 aliphatic rings. The first-order chi connectivity index (χ1) is 17.5. The Morgan fingerprint density at radius 2 is 1.72 bits per heavy atom. The van der Waals surface area contributed by atoms with Crippen LogP contribution in [0.5, 0.6) is 11.5 Å². The first kappa shape index (κ1) is 23.8. The molecular weight excluding hydrogens is 477 g/mol. The number of ether oxygens (including phenoxy) is 2. The van der Waals surface area contributed by atoms with Gasteiger partial charge >= 0.3 is 0 Å². The fourth-order valence-corrected chi connectivity index (χ4v) is 4.50. The Labute approximate surface area is 213 Å². The van der Waals surface area contributed by atoms with Crippen LogP contribution in [0.1, 0.15) is 23.6 Å². The van der Waals surface area contributed by atoms with Gasteiger partial charge in [-0.15, -0.1) is 0 Å². The first-order valence-corrected chi connectivity index (χ1v) is 12.2. The number of nitrogens with one attached hydrogen (secondary N) is 2. The standard InChI is InChI=1S/C28H26FN3O3S/c1-2-19-5-3-4-6-23(19)31-28(36)32(16-18-7-9-22(29)10-8-18)17-21-13-20-14-25-26(35-12-11-34-25)15-24(20)30-27(21)33/h3-10,13-15H,2,11-12,16-17H2,1H3,(H,30,33)(H,31,36). The summed E-state index contributed by atoms with van der Waals surface area (Å²) in [5.41, 5.74) is 3.95. The summed E-state index contributed by atoms with van der Waals surface area (Å²) >= 11 is 5.80. The Morgan fingerprint density at radius 1 is 1.00 bits per heavy atom. The van der Waals surface area contributed by atoms with E-state index in [1.54, 1.807) is 18.2 Å². The number of aromatic nitrogens is 1. The second kappa shape index (κ2) is 10.4. The smallest absolute Gasteiger partial charge is 0.253 e. The molecule has 0 fully saturated rings. The largest absolute Gasteiger partial charge is 0.486 e. The van der Waals surface area contributed by atoms with Crippen LogP contribution >= 0.6 is 12.2 Å². The van der Waals surface area contributed by atoms with Crippen molar-refractivity contribution >= 4 is 33.9 Å². The number of nitrogens with zero attached hydrogens (tertiary/aromatic N) is 1. The van der Waals surface area contributed by atoms with Gasteiger partial charge in [0.25, 0.3) is 5.56 Å². The summed E-state index contributed by atoms with van der Waals surface area (Å²) in [6, 6.07) is 19.8. The highest BCUT2D eigenvalue weighted by Crippen LogP contribution is 2.33. The van der Waals surface area contributed by atoms with Gasteiger partial charge in [-0.2, -0.15) is 0 Å². The maximum absolute atomic E-state index is 13.5. The average Bonchev–Trinajstić information content (AvgIpc) is 2.89. The van der Waals surface area contributed by atoms with Crippen LogP contribution in [0.25, 0.3) is 10.9 Å². The van der Waals surface area contributed by atoms with Crippen LogP contribution in [0.4, 0.5) is 10.1 Å². The molecule has 0 amide bonds. The third-order valence-corrected chi connectivity index (χ3v) is 6.52. The molecule has 0 aliphatic carbocycles. The number of fused-ring (bicyclic) bond motifs is 2. The minimum Gasteiger partial charge on any atom is -0.486 e. The van der Waals surface area contributed by atoms with Crippen molar-refractivity contribution in [2.45, 2.75) is 26.4 Å². The van der Waals surface area contributed by atoms with E-state index in [2.05, 4.69) is 23.3 Å². The molecule has 2 heterocycles. The number of H-pyrrole nitrogens is 1. The predicted octanol–water partition coefficient (Wildman–Crippen LogP) is 5.40. The molecule has 1 aliphatic heterocycles. The fourth-order valence-electron chi connectivity index (χ4n) is 4.27. The van der Waals surface area contributed by atoms with Gasteiger partial charge in [-0.25, -0.2) is 4.39 Å². The van der Waals surface area contributed by atoms with Gasteiger partial charge in [-0.05, 0) is 60.1 Å². The van der Waals surface area contributed by atoms with Crippen molar-refractivity contribution < 1.29 is 13.9 Å². The monoisotopic (exact) mass is 503 g/mol. The van der Waals surface area contributed by atoms with E-state index in [4.69, 9.17) is 21.7 Å². The van der Waals surface area contributed by atoms with Crippen molar-refractivity contribution in [1.29, 1.82) is 0 Å². The molecular formula is C28H26FN3O3S. The van der Waals surface area contributed by atoms with Gasteiger partial charge < -0.3 is 24.7 Å². The molecule has 184 valence electrons. The van der Waals surface area contributed by atoms with Crippen LogP contribution in [0, 0.1) is 5.82 Å². The van der Waals surface area contributed by atoms with Crippen LogP contribution in [0.3, 0.4) is 0 Å². The number of benzene rings is 3. The summed E-state index contributed by atoms with van der Waals surface area (Å²) in [7, 11) is 0. The molecule has 0 saturated carbocycles. The summed E-state index contributed by atoms with van der Waals surface area (Å²) in [4.78, 5) is 17.9. The molecule has 8 heteroatoms. The van der Waals surface area contributed by atoms with Gasteiger partial charge in [0.05, 0.1) is 12.1 Å². The van der Waals surface area contributed by atoms with Gasteiger partial charge in [0.1, 0.15) is 19.0 Å². The minimum absolute atomic E-state index is 0.208. The second-order valence-electron chi connectivity index (χ2n) is 8.63. The number of pyridine rings is 1. The highest BCUT2D eigenvalue weighted by Gasteiger charge is 2.18. The maximum Gasteiger partial charge on any atom is 0.253 e. The van der Waals surface area contributed by atoms with Gasteiger partial charge in [0.15, 0.2) is 16.6 Å². The molecule has 0 bridgehead atoms. The number of hydrogen-bond donors (Lipinski definition) is 2. The van der Waals surface area contributed by atoms with E-state index in [0.29, 0.717) is 47.5 Å². The number of thiocarbonyl (C=S) groups is 1. The molecule has 0 spiro atoms. The SMILES string of the molecule is CCc1ccccc1NC(=S)N(Cc1ccc(F)cc1)Cc1cc2cc3c(cc2[nH]c1=O)OCCO3. The summed E-state index contributed by atoms with van der Waals surface area (Å²) < 4.78 is 24.9. The Bertz CT molecular complexity index is 1470.